The van der Waals surface area contributed by atoms with Gasteiger partial charge >= 0.3 is 0 Å². The Kier molecular flexibility index (Phi) is 6.13. The van der Waals surface area contributed by atoms with Crippen LogP contribution in [0, 0.1) is 0 Å². The largest absolute Gasteiger partial charge is 0.497 e. The summed E-state index contributed by atoms with van der Waals surface area (Å²) >= 11 is 1.32. The van der Waals surface area contributed by atoms with Crippen molar-refractivity contribution in [2.45, 2.75) is 18.2 Å². The third kappa shape index (κ3) is 4.89. The highest BCUT2D eigenvalue weighted by Gasteiger charge is 2.36. The van der Waals surface area contributed by atoms with E-state index in [-0.39, 0.29) is 18.2 Å². The Bertz CT molecular complexity index is 837. The van der Waals surface area contributed by atoms with Crippen molar-refractivity contribution in [3.8, 4) is 5.75 Å². The number of aliphatic imine (C=N–C) groups is 1. The van der Waals surface area contributed by atoms with Crippen LogP contribution in [0.15, 0.2) is 59.6 Å². The standard InChI is InChI=1S/C20H21N3O3S/c1-23-19(25)17(12-18(24)21-13-14-6-4-3-5-7-14)27-20(23)22-15-8-10-16(26-2)11-9-15/h3-11,17H,12-13H2,1-2H3,(H,21,24). The molecule has 0 radical (unpaired) electrons. The van der Waals surface area contributed by atoms with Gasteiger partial charge in [-0.25, -0.2) is 4.99 Å². The number of thioether (sulfide) groups is 1. The molecule has 140 valence electrons. The van der Waals surface area contributed by atoms with Crippen molar-refractivity contribution in [2.24, 2.45) is 4.99 Å². The predicted molar refractivity (Wildman–Crippen MR) is 107 cm³/mol. The van der Waals surface area contributed by atoms with Crippen LogP contribution in [0.4, 0.5) is 5.69 Å². The van der Waals surface area contributed by atoms with Gasteiger partial charge in [0.1, 0.15) is 11.0 Å². The van der Waals surface area contributed by atoms with Crippen LogP contribution < -0.4 is 10.1 Å². The highest BCUT2D eigenvalue weighted by molar-refractivity contribution is 8.15. The summed E-state index contributed by atoms with van der Waals surface area (Å²) in [5.41, 5.74) is 1.75. The summed E-state index contributed by atoms with van der Waals surface area (Å²) in [5, 5.41) is 2.99. The zero-order valence-corrected chi connectivity index (χ0v) is 16.0. The lowest BCUT2D eigenvalue weighted by molar-refractivity contribution is -0.128. The van der Waals surface area contributed by atoms with E-state index in [4.69, 9.17) is 4.74 Å². The third-order valence-electron chi connectivity index (χ3n) is 4.14. The van der Waals surface area contributed by atoms with Gasteiger partial charge in [0.2, 0.25) is 11.8 Å². The minimum atomic E-state index is -0.456. The van der Waals surface area contributed by atoms with E-state index in [1.165, 1.54) is 16.7 Å². The third-order valence-corrected chi connectivity index (χ3v) is 5.37. The number of methoxy groups -OCH3 is 1. The van der Waals surface area contributed by atoms with E-state index in [2.05, 4.69) is 10.3 Å². The second-order valence-corrected chi connectivity index (χ2v) is 7.23. The molecule has 1 aliphatic rings. The number of hydrogen-bond acceptors (Lipinski definition) is 5. The molecule has 0 aromatic heterocycles. The van der Waals surface area contributed by atoms with E-state index < -0.39 is 5.25 Å². The fourth-order valence-corrected chi connectivity index (χ4v) is 3.76. The van der Waals surface area contributed by atoms with Crippen molar-refractivity contribution in [3.63, 3.8) is 0 Å². The van der Waals surface area contributed by atoms with Crippen LogP contribution in [0.1, 0.15) is 12.0 Å². The number of ether oxygens (including phenoxy) is 1. The molecule has 1 heterocycles. The van der Waals surface area contributed by atoms with Crippen molar-refractivity contribution in [3.05, 3.63) is 60.2 Å². The highest BCUT2D eigenvalue weighted by atomic mass is 32.2. The molecule has 0 bridgehead atoms. The Morgan fingerprint density at radius 1 is 1.19 bits per heavy atom. The monoisotopic (exact) mass is 383 g/mol. The fraction of sp³-hybridized carbons (Fsp3) is 0.250. The van der Waals surface area contributed by atoms with Gasteiger partial charge in [-0.05, 0) is 29.8 Å². The number of carbonyl (C=O) groups is 2. The number of carbonyl (C=O) groups excluding carboxylic acids is 2. The molecule has 2 amide bonds. The molecule has 7 heteroatoms. The Labute approximate surface area is 162 Å². The smallest absolute Gasteiger partial charge is 0.242 e. The second kappa shape index (κ2) is 8.73. The molecule has 3 rings (SSSR count). The summed E-state index contributed by atoms with van der Waals surface area (Å²) in [7, 11) is 3.28. The number of hydrogen-bond donors (Lipinski definition) is 1. The van der Waals surface area contributed by atoms with Crippen molar-refractivity contribution in [2.75, 3.05) is 14.2 Å². The molecule has 1 atom stereocenters. The van der Waals surface area contributed by atoms with Gasteiger partial charge in [0.05, 0.1) is 12.8 Å². The van der Waals surface area contributed by atoms with Gasteiger partial charge < -0.3 is 10.1 Å². The Balaban J connectivity index is 1.59. The summed E-state index contributed by atoms with van der Waals surface area (Å²) in [4.78, 5) is 30.7. The number of nitrogens with one attached hydrogen (secondary N) is 1. The molecule has 0 aliphatic carbocycles. The molecule has 1 aliphatic heterocycles. The van der Waals surface area contributed by atoms with Crippen LogP contribution in [-0.4, -0.2) is 41.3 Å². The lowest BCUT2D eigenvalue weighted by atomic mass is 10.2. The summed E-state index contributed by atoms with van der Waals surface area (Å²) in [6, 6.07) is 17.0. The fourth-order valence-electron chi connectivity index (χ4n) is 2.60. The van der Waals surface area contributed by atoms with Crippen LogP contribution in [0.5, 0.6) is 5.75 Å². The first-order chi connectivity index (χ1) is 13.1. The molecule has 2 aromatic carbocycles. The molecule has 27 heavy (non-hydrogen) atoms. The van der Waals surface area contributed by atoms with Crippen molar-refractivity contribution in [1.29, 1.82) is 0 Å². The van der Waals surface area contributed by atoms with Crippen LogP contribution in [0.25, 0.3) is 0 Å². The Morgan fingerprint density at radius 3 is 2.56 bits per heavy atom. The average molecular weight is 383 g/mol. The van der Waals surface area contributed by atoms with E-state index in [9.17, 15) is 9.59 Å². The van der Waals surface area contributed by atoms with Gasteiger partial charge in [0.15, 0.2) is 5.17 Å². The van der Waals surface area contributed by atoms with Crippen LogP contribution in [0.3, 0.4) is 0 Å². The van der Waals surface area contributed by atoms with Crippen molar-refractivity contribution >= 4 is 34.4 Å². The molecular weight excluding hydrogens is 362 g/mol. The van der Waals surface area contributed by atoms with Crippen LogP contribution in [-0.2, 0) is 16.1 Å². The van der Waals surface area contributed by atoms with Gasteiger partial charge in [0.25, 0.3) is 0 Å². The second-order valence-electron chi connectivity index (χ2n) is 6.06. The van der Waals surface area contributed by atoms with E-state index in [1.54, 1.807) is 14.2 Å². The summed E-state index contributed by atoms with van der Waals surface area (Å²) in [6.07, 6.45) is 0.127. The number of amidine groups is 1. The topological polar surface area (TPSA) is 71.0 Å². The van der Waals surface area contributed by atoms with Crippen LogP contribution >= 0.6 is 11.8 Å². The zero-order chi connectivity index (χ0) is 19.2. The molecule has 2 aromatic rings. The van der Waals surface area contributed by atoms with Crippen molar-refractivity contribution < 1.29 is 14.3 Å². The quantitative estimate of drug-likeness (QED) is 0.833. The first-order valence-electron chi connectivity index (χ1n) is 8.54. The summed E-state index contributed by atoms with van der Waals surface area (Å²) < 4.78 is 5.13. The maximum absolute atomic E-state index is 12.4. The lowest BCUT2D eigenvalue weighted by Gasteiger charge is -2.09. The molecule has 1 saturated heterocycles. The highest BCUT2D eigenvalue weighted by Crippen LogP contribution is 2.30. The van der Waals surface area contributed by atoms with E-state index in [0.717, 1.165) is 17.0 Å². The normalized spacial score (nSPS) is 18.0. The molecule has 6 nitrogen and oxygen atoms in total. The van der Waals surface area contributed by atoms with E-state index >= 15 is 0 Å². The number of rotatable bonds is 6. The first-order valence-corrected chi connectivity index (χ1v) is 9.42. The lowest BCUT2D eigenvalue weighted by Crippen LogP contribution is -2.32. The molecule has 1 unspecified atom stereocenters. The molecule has 0 spiro atoms. The minimum absolute atomic E-state index is 0.109. The molecular formula is C20H21N3O3S. The Hall–Kier alpha value is -2.80. The summed E-state index contributed by atoms with van der Waals surface area (Å²) in [5.74, 6) is 0.487. The van der Waals surface area contributed by atoms with Crippen LogP contribution in [0.2, 0.25) is 0 Å². The van der Waals surface area contributed by atoms with Crippen molar-refractivity contribution in [1.82, 2.24) is 10.2 Å². The number of nitrogens with zero attached hydrogens (tertiary/aromatic N) is 2. The van der Waals surface area contributed by atoms with Gasteiger partial charge in [-0.2, -0.15) is 0 Å². The van der Waals surface area contributed by atoms with Gasteiger partial charge in [0, 0.05) is 20.0 Å². The molecule has 1 fully saturated rings. The SMILES string of the molecule is COc1ccc(N=C2SC(CC(=O)NCc3ccccc3)C(=O)N2C)cc1. The van der Waals surface area contributed by atoms with Gasteiger partial charge in [-0.3, -0.25) is 14.5 Å². The molecule has 1 N–H and O–H groups in total. The number of amides is 2. The zero-order valence-electron chi connectivity index (χ0n) is 15.2. The Morgan fingerprint density at radius 2 is 1.89 bits per heavy atom. The first kappa shape index (κ1) is 19.0. The molecule has 0 saturated carbocycles. The van der Waals surface area contributed by atoms with E-state index in [0.29, 0.717) is 11.7 Å². The maximum atomic E-state index is 12.4. The van der Waals surface area contributed by atoms with E-state index in [1.807, 2.05) is 54.6 Å². The predicted octanol–water partition coefficient (Wildman–Crippen LogP) is 2.96. The average Bonchev–Trinajstić information content (AvgIpc) is 2.95. The maximum Gasteiger partial charge on any atom is 0.242 e. The number of benzene rings is 2. The van der Waals surface area contributed by atoms with Gasteiger partial charge in [-0.15, -0.1) is 0 Å². The van der Waals surface area contributed by atoms with Gasteiger partial charge in [-0.1, -0.05) is 42.1 Å². The summed E-state index contributed by atoms with van der Waals surface area (Å²) in [6.45, 7) is 0.452. The minimum Gasteiger partial charge on any atom is -0.497 e.